The van der Waals surface area contributed by atoms with E-state index in [1.165, 1.54) is 22.3 Å². The fourth-order valence-electron chi connectivity index (χ4n) is 2.79. The van der Waals surface area contributed by atoms with Gasteiger partial charge in [0.15, 0.2) is 0 Å². The van der Waals surface area contributed by atoms with E-state index in [9.17, 15) is 0 Å². The van der Waals surface area contributed by atoms with Crippen LogP contribution in [0, 0.1) is 13.8 Å². The lowest BCUT2D eigenvalue weighted by atomic mass is 9.93. The van der Waals surface area contributed by atoms with Gasteiger partial charge in [-0.3, -0.25) is 0 Å². The van der Waals surface area contributed by atoms with E-state index < -0.39 is 0 Å². The molecule has 0 heterocycles. The van der Waals surface area contributed by atoms with Gasteiger partial charge >= 0.3 is 0 Å². The van der Waals surface area contributed by atoms with Crippen LogP contribution in [0.4, 0.5) is 0 Å². The Morgan fingerprint density at radius 3 is 2.52 bits per heavy atom. The molecule has 0 aliphatic carbocycles. The van der Waals surface area contributed by atoms with Crippen LogP contribution in [0.5, 0.6) is 5.75 Å². The minimum atomic E-state index is 0.222. The standard InChI is InChI=1S/C18H22BrNO/c1-12-9-13(2)18(17(10-12)21-4)16(20-3)11-14-7-5-6-8-15(14)19/h5-10,16,20H,11H2,1-4H3. The lowest BCUT2D eigenvalue weighted by Gasteiger charge is -2.23. The highest BCUT2D eigenvalue weighted by Gasteiger charge is 2.19. The molecule has 0 radical (unpaired) electrons. The highest BCUT2D eigenvalue weighted by atomic mass is 79.9. The van der Waals surface area contributed by atoms with Crippen LogP contribution < -0.4 is 10.1 Å². The van der Waals surface area contributed by atoms with Crippen molar-refractivity contribution in [3.63, 3.8) is 0 Å². The van der Waals surface area contributed by atoms with Gasteiger partial charge in [0.2, 0.25) is 0 Å². The normalized spacial score (nSPS) is 12.2. The first-order valence-electron chi connectivity index (χ1n) is 7.12. The second-order valence-corrected chi connectivity index (χ2v) is 6.19. The lowest BCUT2D eigenvalue weighted by Crippen LogP contribution is -2.21. The zero-order chi connectivity index (χ0) is 15.4. The third kappa shape index (κ3) is 3.66. The number of nitrogens with one attached hydrogen (secondary N) is 1. The molecule has 2 rings (SSSR count). The van der Waals surface area contributed by atoms with Crippen LogP contribution in [-0.2, 0) is 6.42 Å². The zero-order valence-electron chi connectivity index (χ0n) is 13.0. The van der Waals surface area contributed by atoms with E-state index in [0.29, 0.717) is 0 Å². The Hall–Kier alpha value is -1.32. The number of hydrogen-bond donors (Lipinski definition) is 1. The van der Waals surface area contributed by atoms with Crippen molar-refractivity contribution in [2.24, 2.45) is 0 Å². The third-order valence-corrected chi connectivity index (χ3v) is 4.57. The molecular weight excluding hydrogens is 326 g/mol. The van der Waals surface area contributed by atoms with Gasteiger partial charge in [-0.15, -0.1) is 0 Å². The molecule has 0 aliphatic heterocycles. The molecule has 2 aromatic rings. The summed E-state index contributed by atoms with van der Waals surface area (Å²) >= 11 is 3.63. The SMILES string of the molecule is CNC(Cc1ccccc1Br)c1c(C)cc(C)cc1OC. The zero-order valence-corrected chi connectivity index (χ0v) is 14.6. The van der Waals surface area contributed by atoms with E-state index in [1.807, 2.05) is 13.1 Å². The van der Waals surface area contributed by atoms with E-state index in [1.54, 1.807) is 7.11 Å². The molecule has 1 N–H and O–H groups in total. The molecule has 0 spiro atoms. The van der Waals surface area contributed by atoms with Gasteiger partial charge in [0, 0.05) is 16.1 Å². The third-order valence-electron chi connectivity index (χ3n) is 3.79. The van der Waals surface area contributed by atoms with Crippen LogP contribution in [0.1, 0.15) is 28.3 Å². The average Bonchev–Trinajstić information content (AvgIpc) is 2.46. The topological polar surface area (TPSA) is 21.3 Å². The van der Waals surface area contributed by atoms with Crippen molar-refractivity contribution in [1.29, 1.82) is 0 Å². The molecule has 0 amide bonds. The van der Waals surface area contributed by atoms with Gasteiger partial charge < -0.3 is 10.1 Å². The van der Waals surface area contributed by atoms with E-state index in [0.717, 1.165) is 16.6 Å². The molecule has 112 valence electrons. The quantitative estimate of drug-likeness (QED) is 0.854. The number of hydrogen-bond acceptors (Lipinski definition) is 2. The number of aryl methyl sites for hydroxylation is 2. The van der Waals surface area contributed by atoms with Crippen LogP contribution >= 0.6 is 15.9 Å². The van der Waals surface area contributed by atoms with Crippen LogP contribution in [0.3, 0.4) is 0 Å². The Balaban J connectivity index is 2.40. The summed E-state index contributed by atoms with van der Waals surface area (Å²) in [5.41, 5.74) is 5.02. The van der Waals surface area contributed by atoms with Crippen LogP contribution in [0.2, 0.25) is 0 Å². The predicted octanol–water partition coefficient (Wildman–Crippen LogP) is 4.58. The van der Waals surface area contributed by atoms with E-state index in [2.05, 4.69) is 65.4 Å². The minimum absolute atomic E-state index is 0.222. The van der Waals surface area contributed by atoms with E-state index in [4.69, 9.17) is 4.74 Å². The van der Waals surface area contributed by atoms with Gasteiger partial charge in [0.05, 0.1) is 7.11 Å². The fourth-order valence-corrected chi connectivity index (χ4v) is 3.23. The first kappa shape index (κ1) is 16.1. The molecule has 0 aliphatic rings. The summed E-state index contributed by atoms with van der Waals surface area (Å²) in [6.45, 7) is 4.25. The predicted molar refractivity (Wildman–Crippen MR) is 92.1 cm³/mol. The highest BCUT2D eigenvalue weighted by molar-refractivity contribution is 9.10. The summed E-state index contributed by atoms with van der Waals surface area (Å²) in [6, 6.07) is 12.9. The smallest absolute Gasteiger partial charge is 0.124 e. The molecule has 0 saturated carbocycles. The van der Waals surface area contributed by atoms with Crippen molar-refractivity contribution < 1.29 is 4.74 Å². The summed E-state index contributed by atoms with van der Waals surface area (Å²) < 4.78 is 6.75. The Kier molecular flexibility index (Phi) is 5.43. The molecule has 1 atom stereocenters. The molecule has 3 heteroatoms. The summed E-state index contributed by atoms with van der Waals surface area (Å²) in [5, 5.41) is 3.43. The fraction of sp³-hybridized carbons (Fsp3) is 0.333. The number of halogens is 1. The van der Waals surface area contributed by atoms with Gasteiger partial charge in [0.1, 0.15) is 5.75 Å². The van der Waals surface area contributed by atoms with Gasteiger partial charge in [-0.25, -0.2) is 0 Å². The number of likely N-dealkylation sites (N-methyl/N-ethyl adjacent to an activating group) is 1. The molecule has 21 heavy (non-hydrogen) atoms. The monoisotopic (exact) mass is 347 g/mol. The molecular formula is C18H22BrNO. The molecule has 2 aromatic carbocycles. The van der Waals surface area contributed by atoms with E-state index >= 15 is 0 Å². The maximum atomic E-state index is 5.61. The Bertz CT molecular complexity index is 625. The maximum Gasteiger partial charge on any atom is 0.124 e. The molecule has 0 aromatic heterocycles. The van der Waals surface area contributed by atoms with E-state index in [-0.39, 0.29) is 6.04 Å². The van der Waals surface area contributed by atoms with Crippen molar-refractivity contribution in [3.05, 3.63) is 63.1 Å². The number of benzene rings is 2. The minimum Gasteiger partial charge on any atom is -0.496 e. The summed E-state index contributed by atoms with van der Waals surface area (Å²) in [6.07, 6.45) is 0.915. The highest BCUT2D eigenvalue weighted by Crippen LogP contribution is 2.33. The van der Waals surface area contributed by atoms with Gasteiger partial charge in [-0.05, 0) is 56.1 Å². The molecule has 0 bridgehead atoms. The van der Waals surface area contributed by atoms with Gasteiger partial charge in [-0.2, -0.15) is 0 Å². The maximum absolute atomic E-state index is 5.61. The van der Waals surface area contributed by atoms with Gasteiger partial charge in [0.25, 0.3) is 0 Å². The van der Waals surface area contributed by atoms with Gasteiger partial charge in [-0.1, -0.05) is 40.2 Å². The van der Waals surface area contributed by atoms with Crippen molar-refractivity contribution >= 4 is 15.9 Å². The first-order valence-corrected chi connectivity index (χ1v) is 7.92. The Labute approximate surface area is 135 Å². The largest absolute Gasteiger partial charge is 0.496 e. The lowest BCUT2D eigenvalue weighted by molar-refractivity contribution is 0.400. The Morgan fingerprint density at radius 2 is 1.90 bits per heavy atom. The number of methoxy groups -OCH3 is 1. The molecule has 2 nitrogen and oxygen atoms in total. The van der Waals surface area contributed by atoms with Crippen LogP contribution in [0.15, 0.2) is 40.9 Å². The second kappa shape index (κ2) is 7.10. The second-order valence-electron chi connectivity index (χ2n) is 5.33. The molecule has 1 unspecified atom stereocenters. The van der Waals surface area contributed by atoms with Crippen LogP contribution in [-0.4, -0.2) is 14.2 Å². The molecule has 0 saturated heterocycles. The average molecular weight is 348 g/mol. The van der Waals surface area contributed by atoms with Crippen LogP contribution in [0.25, 0.3) is 0 Å². The van der Waals surface area contributed by atoms with Crippen molar-refractivity contribution in [1.82, 2.24) is 5.32 Å². The molecule has 0 fully saturated rings. The first-order chi connectivity index (χ1) is 10.1. The van der Waals surface area contributed by atoms with Crippen molar-refractivity contribution in [2.75, 3.05) is 14.2 Å². The summed E-state index contributed by atoms with van der Waals surface area (Å²) in [5.74, 6) is 0.957. The summed E-state index contributed by atoms with van der Waals surface area (Å²) in [4.78, 5) is 0. The number of rotatable bonds is 5. The van der Waals surface area contributed by atoms with Crippen molar-refractivity contribution in [2.45, 2.75) is 26.3 Å². The number of ether oxygens (including phenoxy) is 1. The Morgan fingerprint density at radius 1 is 1.19 bits per heavy atom. The van der Waals surface area contributed by atoms with Crippen molar-refractivity contribution in [3.8, 4) is 5.75 Å². The summed E-state index contributed by atoms with van der Waals surface area (Å²) in [7, 11) is 3.74.